The zero-order valence-electron chi connectivity index (χ0n) is 15.0. The number of aromatic nitrogens is 1. The highest BCUT2D eigenvalue weighted by atomic mass is 16.5. The molecule has 0 radical (unpaired) electrons. The summed E-state index contributed by atoms with van der Waals surface area (Å²) in [5.41, 5.74) is 4.90. The van der Waals surface area contributed by atoms with Crippen LogP contribution >= 0.6 is 0 Å². The molecule has 1 atom stereocenters. The van der Waals surface area contributed by atoms with E-state index in [1.165, 1.54) is 0 Å². The summed E-state index contributed by atoms with van der Waals surface area (Å²) < 4.78 is 5.87. The number of anilines is 1. The lowest BCUT2D eigenvalue weighted by molar-refractivity contribution is -0.122. The third kappa shape index (κ3) is 3.48. The Labute approximate surface area is 147 Å². The summed E-state index contributed by atoms with van der Waals surface area (Å²) in [4.78, 5) is 17.0. The standard InChI is InChI=1S/C21H22N2O2/c1-13-7-5-9-19(15(13)3)25-16(4)21(24)23-18-11-10-14(2)20-17(18)8-6-12-22-20/h5-12,16H,1-4H3,(H,23,24). The van der Waals surface area contributed by atoms with Crippen LogP contribution in [-0.4, -0.2) is 17.0 Å². The molecule has 0 saturated heterocycles. The highest BCUT2D eigenvalue weighted by Crippen LogP contribution is 2.25. The van der Waals surface area contributed by atoms with Gasteiger partial charge in [0.25, 0.3) is 5.91 Å². The van der Waals surface area contributed by atoms with E-state index in [0.717, 1.165) is 39.0 Å². The van der Waals surface area contributed by atoms with Gasteiger partial charge in [0.1, 0.15) is 5.75 Å². The quantitative estimate of drug-likeness (QED) is 0.760. The third-order valence-electron chi connectivity index (χ3n) is 4.46. The van der Waals surface area contributed by atoms with Gasteiger partial charge in [0, 0.05) is 11.6 Å². The lowest BCUT2D eigenvalue weighted by Gasteiger charge is -2.18. The first-order chi connectivity index (χ1) is 12.0. The summed E-state index contributed by atoms with van der Waals surface area (Å²) >= 11 is 0. The van der Waals surface area contributed by atoms with Crippen LogP contribution in [0.2, 0.25) is 0 Å². The summed E-state index contributed by atoms with van der Waals surface area (Å²) in [5.74, 6) is 0.549. The molecular weight excluding hydrogens is 312 g/mol. The molecule has 0 fully saturated rings. The number of pyridine rings is 1. The average Bonchev–Trinajstić information content (AvgIpc) is 2.61. The third-order valence-corrected chi connectivity index (χ3v) is 4.46. The second-order valence-corrected chi connectivity index (χ2v) is 6.28. The molecule has 1 heterocycles. The maximum Gasteiger partial charge on any atom is 0.265 e. The summed E-state index contributed by atoms with van der Waals surface area (Å²) in [5, 5.41) is 3.89. The van der Waals surface area contributed by atoms with Crippen molar-refractivity contribution in [1.29, 1.82) is 0 Å². The van der Waals surface area contributed by atoms with Crippen LogP contribution in [-0.2, 0) is 4.79 Å². The number of ether oxygens (including phenoxy) is 1. The second kappa shape index (κ2) is 6.93. The highest BCUT2D eigenvalue weighted by Gasteiger charge is 2.17. The van der Waals surface area contributed by atoms with E-state index in [4.69, 9.17) is 4.74 Å². The van der Waals surface area contributed by atoms with Gasteiger partial charge in [0.05, 0.1) is 11.2 Å². The lowest BCUT2D eigenvalue weighted by Crippen LogP contribution is -2.30. The molecule has 0 spiro atoms. The molecule has 0 aliphatic rings. The normalized spacial score (nSPS) is 12.0. The number of nitrogens with zero attached hydrogens (tertiary/aromatic N) is 1. The molecule has 2 aromatic carbocycles. The number of hydrogen-bond donors (Lipinski definition) is 1. The average molecular weight is 334 g/mol. The van der Waals surface area contributed by atoms with E-state index in [9.17, 15) is 4.79 Å². The van der Waals surface area contributed by atoms with Gasteiger partial charge < -0.3 is 10.1 Å². The number of benzene rings is 2. The maximum absolute atomic E-state index is 12.6. The van der Waals surface area contributed by atoms with Crippen molar-refractivity contribution in [1.82, 2.24) is 4.98 Å². The van der Waals surface area contributed by atoms with E-state index in [1.807, 2.05) is 63.2 Å². The number of fused-ring (bicyclic) bond motifs is 1. The molecule has 4 heteroatoms. The largest absolute Gasteiger partial charge is 0.481 e. The first kappa shape index (κ1) is 17.0. The Bertz CT molecular complexity index is 934. The fourth-order valence-electron chi connectivity index (χ4n) is 2.75. The Balaban J connectivity index is 1.80. The van der Waals surface area contributed by atoms with Crippen LogP contribution in [0.5, 0.6) is 5.75 Å². The van der Waals surface area contributed by atoms with Crippen LogP contribution in [0.4, 0.5) is 5.69 Å². The van der Waals surface area contributed by atoms with Crippen molar-refractivity contribution in [3.63, 3.8) is 0 Å². The Morgan fingerprint density at radius 1 is 1.04 bits per heavy atom. The van der Waals surface area contributed by atoms with E-state index in [1.54, 1.807) is 13.1 Å². The molecule has 1 aromatic heterocycles. The molecule has 0 aliphatic carbocycles. The molecule has 3 rings (SSSR count). The molecule has 1 unspecified atom stereocenters. The van der Waals surface area contributed by atoms with Crippen molar-refractivity contribution >= 4 is 22.5 Å². The maximum atomic E-state index is 12.6. The van der Waals surface area contributed by atoms with Crippen LogP contribution in [0.3, 0.4) is 0 Å². The summed E-state index contributed by atoms with van der Waals surface area (Å²) in [6.45, 7) is 7.78. The molecule has 0 bridgehead atoms. The van der Waals surface area contributed by atoms with Gasteiger partial charge in [-0.2, -0.15) is 0 Å². The van der Waals surface area contributed by atoms with Crippen LogP contribution in [0, 0.1) is 20.8 Å². The number of rotatable bonds is 4. The minimum Gasteiger partial charge on any atom is -0.481 e. The molecular formula is C21H22N2O2. The van der Waals surface area contributed by atoms with E-state index >= 15 is 0 Å². The van der Waals surface area contributed by atoms with Crippen LogP contribution in [0.1, 0.15) is 23.6 Å². The monoisotopic (exact) mass is 334 g/mol. The van der Waals surface area contributed by atoms with Gasteiger partial charge in [0.15, 0.2) is 6.10 Å². The van der Waals surface area contributed by atoms with Crippen LogP contribution in [0.15, 0.2) is 48.7 Å². The summed E-state index contributed by atoms with van der Waals surface area (Å²) in [6, 6.07) is 13.5. The van der Waals surface area contributed by atoms with Gasteiger partial charge in [-0.05, 0) is 68.7 Å². The molecule has 4 nitrogen and oxygen atoms in total. The molecule has 1 amide bonds. The predicted molar refractivity (Wildman–Crippen MR) is 101 cm³/mol. The first-order valence-electron chi connectivity index (χ1n) is 8.35. The summed E-state index contributed by atoms with van der Waals surface area (Å²) in [6.07, 6.45) is 1.15. The SMILES string of the molecule is Cc1cccc(OC(C)C(=O)Nc2ccc(C)c3ncccc23)c1C. The number of carbonyl (C=O) groups is 1. The number of amides is 1. The van der Waals surface area contributed by atoms with E-state index < -0.39 is 6.10 Å². The number of hydrogen-bond acceptors (Lipinski definition) is 3. The number of carbonyl (C=O) groups excluding carboxylic acids is 1. The lowest BCUT2D eigenvalue weighted by atomic mass is 10.1. The van der Waals surface area contributed by atoms with Gasteiger partial charge in [-0.3, -0.25) is 9.78 Å². The Hall–Kier alpha value is -2.88. The van der Waals surface area contributed by atoms with Crippen molar-refractivity contribution in [2.75, 3.05) is 5.32 Å². The smallest absolute Gasteiger partial charge is 0.265 e. The van der Waals surface area contributed by atoms with E-state index in [-0.39, 0.29) is 5.91 Å². The molecule has 25 heavy (non-hydrogen) atoms. The van der Waals surface area contributed by atoms with Gasteiger partial charge >= 0.3 is 0 Å². The van der Waals surface area contributed by atoms with Gasteiger partial charge in [-0.25, -0.2) is 0 Å². The van der Waals surface area contributed by atoms with Gasteiger partial charge in [-0.15, -0.1) is 0 Å². The fourth-order valence-corrected chi connectivity index (χ4v) is 2.75. The predicted octanol–water partition coefficient (Wildman–Crippen LogP) is 4.57. The molecule has 0 saturated carbocycles. The zero-order valence-corrected chi connectivity index (χ0v) is 15.0. The topological polar surface area (TPSA) is 51.2 Å². The minimum absolute atomic E-state index is 0.185. The Morgan fingerprint density at radius 3 is 2.64 bits per heavy atom. The Morgan fingerprint density at radius 2 is 1.84 bits per heavy atom. The number of nitrogens with one attached hydrogen (secondary N) is 1. The molecule has 3 aromatic rings. The number of aryl methyl sites for hydroxylation is 2. The molecule has 1 N–H and O–H groups in total. The van der Waals surface area contributed by atoms with Gasteiger partial charge in [0.2, 0.25) is 0 Å². The van der Waals surface area contributed by atoms with E-state index in [0.29, 0.717) is 0 Å². The van der Waals surface area contributed by atoms with Gasteiger partial charge in [-0.1, -0.05) is 18.2 Å². The van der Waals surface area contributed by atoms with E-state index in [2.05, 4.69) is 10.3 Å². The van der Waals surface area contributed by atoms with Crippen molar-refractivity contribution in [2.45, 2.75) is 33.8 Å². The Kier molecular flexibility index (Phi) is 4.70. The summed E-state index contributed by atoms with van der Waals surface area (Å²) in [7, 11) is 0. The first-order valence-corrected chi connectivity index (χ1v) is 8.35. The van der Waals surface area contributed by atoms with Crippen LogP contribution in [0.25, 0.3) is 10.9 Å². The highest BCUT2D eigenvalue weighted by molar-refractivity contribution is 6.03. The minimum atomic E-state index is -0.603. The second-order valence-electron chi connectivity index (χ2n) is 6.28. The molecule has 128 valence electrons. The van der Waals surface area contributed by atoms with Crippen molar-refractivity contribution in [3.05, 3.63) is 65.4 Å². The molecule has 0 aliphatic heterocycles. The van der Waals surface area contributed by atoms with Crippen molar-refractivity contribution in [3.8, 4) is 5.75 Å². The zero-order chi connectivity index (χ0) is 18.0. The van der Waals surface area contributed by atoms with Crippen molar-refractivity contribution in [2.24, 2.45) is 0 Å². The fraction of sp³-hybridized carbons (Fsp3) is 0.238. The van der Waals surface area contributed by atoms with Crippen LogP contribution < -0.4 is 10.1 Å². The van der Waals surface area contributed by atoms with Crippen molar-refractivity contribution < 1.29 is 9.53 Å².